The lowest BCUT2D eigenvalue weighted by molar-refractivity contribution is -0.129. The zero-order valence-electron chi connectivity index (χ0n) is 16.4. The average molecular weight is 363 g/mol. The van der Waals surface area contributed by atoms with Crippen LogP contribution in [0.1, 0.15) is 44.2 Å². The van der Waals surface area contributed by atoms with Gasteiger partial charge in [0.1, 0.15) is 11.9 Å². The van der Waals surface area contributed by atoms with Gasteiger partial charge in [0.15, 0.2) is 6.29 Å². The fourth-order valence-corrected chi connectivity index (χ4v) is 4.24. The molecule has 26 heavy (non-hydrogen) atoms. The maximum Gasteiger partial charge on any atom is 0.158 e. The number of rotatable bonds is 8. The first-order valence-corrected chi connectivity index (χ1v) is 9.48. The number of aliphatic hydroxyl groups is 3. The summed E-state index contributed by atoms with van der Waals surface area (Å²) >= 11 is 0. The van der Waals surface area contributed by atoms with Gasteiger partial charge in [-0.25, -0.2) is 0 Å². The molecule has 1 aliphatic heterocycles. The van der Waals surface area contributed by atoms with Gasteiger partial charge in [-0.15, -0.1) is 0 Å². The Morgan fingerprint density at radius 2 is 1.96 bits per heavy atom. The first-order chi connectivity index (χ1) is 12.4. The predicted molar refractivity (Wildman–Crippen MR) is 102 cm³/mol. The van der Waals surface area contributed by atoms with Crippen molar-refractivity contribution in [3.63, 3.8) is 0 Å². The van der Waals surface area contributed by atoms with E-state index in [4.69, 9.17) is 4.74 Å². The zero-order chi connectivity index (χ0) is 19.3. The van der Waals surface area contributed by atoms with Gasteiger partial charge in [0, 0.05) is 24.7 Å². The second-order valence-corrected chi connectivity index (χ2v) is 7.39. The monoisotopic (exact) mass is 363 g/mol. The molecule has 0 bridgehead atoms. The largest absolute Gasteiger partial charge is 0.497 e. The third-order valence-electron chi connectivity index (χ3n) is 5.70. The van der Waals surface area contributed by atoms with Gasteiger partial charge in [-0.2, -0.15) is 0 Å². The molecule has 3 unspecified atom stereocenters. The molecule has 1 heterocycles. The highest BCUT2D eigenvalue weighted by molar-refractivity contribution is 5.34. The highest BCUT2D eigenvalue weighted by atomic mass is 16.5. The number of aryl methyl sites for hydroxylation is 1. The van der Waals surface area contributed by atoms with Crippen LogP contribution in [0.2, 0.25) is 0 Å². The van der Waals surface area contributed by atoms with E-state index in [-0.39, 0.29) is 5.41 Å². The molecule has 0 aliphatic carbocycles. The maximum absolute atomic E-state index is 10.3. The van der Waals surface area contributed by atoms with Gasteiger partial charge in [0.2, 0.25) is 0 Å². The summed E-state index contributed by atoms with van der Waals surface area (Å²) in [5.41, 5.74) is 2.57. The van der Waals surface area contributed by atoms with Crippen LogP contribution in [-0.2, 0) is 10.2 Å². The van der Waals surface area contributed by atoms with Gasteiger partial charge >= 0.3 is 0 Å². The Labute approximate surface area is 156 Å². The molecule has 0 saturated heterocycles. The molecule has 1 aromatic carbocycles. The van der Waals surface area contributed by atoms with Gasteiger partial charge < -0.3 is 25.0 Å². The number of hydrogen-bond donors (Lipinski definition) is 3. The predicted octanol–water partition coefficient (Wildman–Crippen LogP) is 2.53. The van der Waals surface area contributed by atoms with Crippen LogP contribution in [0.3, 0.4) is 0 Å². The number of ether oxygens (including phenoxy) is 1. The van der Waals surface area contributed by atoms with Crippen molar-refractivity contribution in [3.8, 4) is 0 Å². The highest BCUT2D eigenvalue weighted by Crippen LogP contribution is 2.37. The van der Waals surface area contributed by atoms with Gasteiger partial charge in [-0.3, -0.25) is 0 Å². The van der Waals surface area contributed by atoms with Gasteiger partial charge in [0.25, 0.3) is 0 Å². The van der Waals surface area contributed by atoms with Gasteiger partial charge in [-0.05, 0) is 30.9 Å². The molecule has 146 valence electrons. The fourth-order valence-electron chi connectivity index (χ4n) is 4.24. The molecule has 0 aromatic heterocycles. The minimum Gasteiger partial charge on any atom is -0.497 e. The summed E-state index contributed by atoms with van der Waals surface area (Å²) in [4.78, 5) is 2.07. The summed E-state index contributed by atoms with van der Waals surface area (Å²) in [6.45, 7) is 7.67. The Balaban J connectivity index is 2.39. The number of methoxy groups -OCH3 is 1. The van der Waals surface area contributed by atoms with Gasteiger partial charge in [0.05, 0.1) is 13.0 Å². The SMILES string of the molecule is CCCC(CC)(CN1C=C(OC)C(O)C(C(O)O)C1)c1ccccc1C. The van der Waals surface area contributed by atoms with Crippen LogP contribution in [0.15, 0.2) is 36.2 Å². The molecule has 3 atom stereocenters. The van der Waals surface area contributed by atoms with E-state index in [0.717, 1.165) is 25.8 Å². The van der Waals surface area contributed by atoms with Crippen molar-refractivity contribution in [2.75, 3.05) is 20.2 Å². The summed E-state index contributed by atoms with van der Waals surface area (Å²) in [5, 5.41) is 29.7. The molecular formula is C21H33NO4. The number of nitrogens with zero attached hydrogens (tertiary/aromatic N) is 1. The van der Waals surface area contributed by atoms with Crippen LogP contribution >= 0.6 is 0 Å². The third kappa shape index (κ3) is 4.22. The van der Waals surface area contributed by atoms with Gasteiger partial charge in [-0.1, -0.05) is 44.5 Å². The van der Waals surface area contributed by atoms with Crippen LogP contribution in [0.25, 0.3) is 0 Å². The fraction of sp³-hybridized carbons (Fsp3) is 0.619. The first-order valence-electron chi connectivity index (χ1n) is 9.48. The van der Waals surface area contributed by atoms with Crippen molar-refractivity contribution < 1.29 is 20.1 Å². The second kappa shape index (κ2) is 8.89. The topological polar surface area (TPSA) is 73.2 Å². The molecule has 5 heteroatoms. The molecule has 0 amide bonds. The summed E-state index contributed by atoms with van der Waals surface area (Å²) in [5.74, 6) is -0.316. The summed E-state index contributed by atoms with van der Waals surface area (Å²) < 4.78 is 5.30. The first kappa shape index (κ1) is 20.7. The van der Waals surface area contributed by atoms with E-state index in [1.807, 2.05) is 6.20 Å². The lowest BCUT2D eigenvalue weighted by Crippen LogP contribution is -2.49. The molecule has 0 fully saturated rings. The van der Waals surface area contributed by atoms with Crippen molar-refractivity contribution in [1.82, 2.24) is 4.90 Å². The summed E-state index contributed by atoms with van der Waals surface area (Å²) in [6.07, 6.45) is 2.31. The minimum absolute atomic E-state index is 0.0390. The molecule has 3 N–H and O–H groups in total. The Kier molecular flexibility index (Phi) is 7.09. The average Bonchev–Trinajstić information content (AvgIpc) is 2.62. The zero-order valence-corrected chi connectivity index (χ0v) is 16.4. The Morgan fingerprint density at radius 3 is 2.50 bits per heavy atom. The molecule has 0 saturated carbocycles. The smallest absolute Gasteiger partial charge is 0.158 e. The van der Waals surface area contributed by atoms with E-state index in [0.29, 0.717) is 12.3 Å². The molecule has 5 nitrogen and oxygen atoms in total. The Hall–Kier alpha value is -1.56. The lowest BCUT2D eigenvalue weighted by atomic mass is 9.72. The second-order valence-electron chi connectivity index (χ2n) is 7.39. The van der Waals surface area contributed by atoms with Crippen LogP contribution in [0, 0.1) is 12.8 Å². The number of benzene rings is 1. The van der Waals surface area contributed by atoms with E-state index in [9.17, 15) is 15.3 Å². The van der Waals surface area contributed by atoms with Crippen molar-refractivity contribution in [1.29, 1.82) is 0 Å². The highest BCUT2D eigenvalue weighted by Gasteiger charge is 2.39. The number of hydrogen-bond acceptors (Lipinski definition) is 5. The Morgan fingerprint density at radius 1 is 1.27 bits per heavy atom. The minimum atomic E-state index is -1.59. The summed E-state index contributed by atoms with van der Waals surface area (Å²) in [6, 6.07) is 8.49. The van der Waals surface area contributed by atoms with E-state index in [1.165, 1.54) is 18.2 Å². The van der Waals surface area contributed by atoms with E-state index >= 15 is 0 Å². The van der Waals surface area contributed by atoms with Crippen LogP contribution in [0.4, 0.5) is 0 Å². The standard InChI is InChI=1S/C21H33NO4/c1-5-11-21(6-2,17-10-8-7-9-15(17)3)14-22-12-16(20(24)25)19(23)18(13-22)26-4/h7-10,13,16,19-20,23-25H,5-6,11-12,14H2,1-4H3. The molecule has 2 rings (SSSR count). The van der Waals surface area contributed by atoms with Crippen molar-refractivity contribution in [2.45, 2.75) is 57.8 Å². The summed E-state index contributed by atoms with van der Waals surface area (Å²) in [7, 11) is 1.50. The van der Waals surface area contributed by atoms with E-state index < -0.39 is 18.3 Å². The van der Waals surface area contributed by atoms with Crippen molar-refractivity contribution >= 4 is 0 Å². The van der Waals surface area contributed by atoms with E-state index in [1.54, 1.807) is 0 Å². The quantitative estimate of drug-likeness (QED) is 0.619. The molecule has 1 aromatic rings. The van der Waals surface area contributed by atoms with Crippen LogP contribution in [0.5, 0.6) is 0 Å². The molecule has 1 aliphatic rings. The van der Waals surface area contributed by atoms with E-state index in [2.05, 4.69) is 49.9 Å². The van der Waals surface area contributed by atoms with Crippen molar-refractivity contribution in [2.24, 2.45) is 5.92 Å². The maximum atomic E-state index is 10.3. The lowest BCUT2D eigenvalue weighted by Gasteiger charge is -2.43. The van der Waals surface area contributed by atoms with Crippen molar-refractivity contribution in [3.05, 3.63) is 47.4 Å². The third-order valence-corrected chi connectivity index (χ3v) is 5.70. The Bertz CT molecular complexity index is 616. The number of aliphatic hydroxyl groups excluding tert-OH is 2. The normalized spacial score (nSPS) is 22.9. The van der Waals surface area contributed by atoms with Crippen LogP contribution < -0.4 is 0 Å². The molecule has 0 spiro atoms. The van der Waals surface area contributed by atoms with Crippen LogP contribution in [-0.4, -0.2) is 52.8 Å². The molecular weight excluding hydrogens is 330 g/mol. The molecule has 0 radical (unpaired) electrons.